The van der Waals surface area contributed by atoms with E-state index in [-0.39, 0.29) is 5.78 Å². The second kappa shape index (κ2) is 4.44. The average Bonchev–Trinajstić information content (AvgIpc) is 2.05. The Morgan fingerprint density at radius 3 is 2.25 bits per heavy atom. The Hall–Kier alpha value is -0.590. The van der Waals surface area contributed by atoms with E-state index in [4.69, 9.17) is 0 Å². The molecule has 1 heteroatoms. The number of ketones is 1. The summed E-state index contributed by atoms with van der Waals surface area (Å²) in [4.78, 5) is 10.8. The van der Waals surface area contributed by atoms with E-state index >= 15 is 0 Å². The number of rotatable bonds is 2. The second-order valence-electron chi connectivity index (χ2n) is 3.83. The molecule has 0 heterocycles. The van der Waals surface area contributed by atoms with Crippen LogP contribution >= 0.6 is 0 Å². The highest BCUT2D eigenvalue weighted by atomic mass is 16.1. The molecule has 1 aliphatic rings. The van der Waals surface area contributed by atoms with Crippen LogP contribution in [0.5, 0.6) is 0 Å². The van der Waals surface area contributed by atoms with Gasteiger partial charge in [0.2, 0.25) is 0 Å². The molecule has 1 saturated carbocycles. The molecular weight excluding hydrogens is 148 g/mol. The highest BCUT2D eigenvalue weighted by Gasteiger charge is 2.14. The quantitative estimate of drug-likeness (QED) is 0.576. The van der Waals surface area contributed by atoms with E-state index in [0.29, 0.717) is 5.92 Å². The van der Waals surface area contributed by atoms with E-state index in [0.717, 1.165) is 0 Å². The van der Waals surface area contributed by atoms with Crippen molar-refractivity contribution in [2.75, 3.05) is 0 Å². The predicted octanol–water partition coefficient (Wildman–Crippen LogP) is 3.10. The molecule has 0 radical (unpaired) electrons. The first-order chi connectivity index (χ1) is 5.70. The molecule has 0 unspecified atom stereocenters. The fourth-order valence-electron chi connectivity index (χ4n) is 2.00. The van der Waals surface area contributed by atoms with Gasteiger partial charge in [-0.15, -0.1) is 0 Å². The number of carbonyl (C=O) groups is 1. The maximum Gasteiger partial charge on any atom is 0.152 e. The van der Waals surface area contributed by atoms with Crippen LogP contribution in [0.4, 0.5) is 0 Å². The minimum Gasteiger partial charge on any atom is -0.295 e. The Morgan fingerprint density at radius 2 is 1.75 bits per heavy atom. The van der Waals surface area contributed by atoms with E-state index in [9.17, 15) is 4.79 Å². The fourth-order valence-corrected chi connectivity index (χ4v) is 2.00. The lowest BCUT2D eigenvalue weighted by Gasteiger charge is -2.21. The predicted molar refractivity (Wildman–Crippen MR) is 51.0 cm³/mol. The zero-order chi connectivity index (χ0) is 8.97. The van der Waals surface area contributed by atoms with E-state index in [1.165, 1.54) is 37.7 Å². The van der Waals surface area contributed by atoms with Crippen molar-refractivity contribution in [2.45, 2.75) is 46.0 Å². The molecule has 0 aromatic heterocycles. The molecular formula is C11H18O. The van der Waals surface area contributed by atoms with Gasteiger partial charge >= 0.3 is 0 Å². The Balaban J connectivity index is 2.49. The van der Waals surface area contributed by atoms with Crippen molar-refractivity contribution in [3.8, 4) is 0 Å². The lowest BCUT2D eigenvalue weighted by atomic mass is 9.84. The van der Waals surface area contributed by atoms with Crippen LogP contribution in [0.2, 0.25) is 0 Å². The van der Waals surface area contributed by atoms with Gasteiger partial charge in [0, 0.05) is 0 Å². The van der Waals surface area contributed by atoms with E-state index in [2.05, 4.69) is 6.92 Å². The van der Waals surface area contributed by atoms with Crippen molar-refractivity contribution in [3.05, 3.63) is 11.6 Å². The van der Waals surface area contributed by atoms with Crippen LogP contribution in [0.1, 0.15) is 46.0 Å². The molecule has 0 amide bonds. The minimum absolute atomic E-state index is 0.193. The topological polar surface area (TPSA) is 17.1 Å². The molecule has 12 heavy (non-hydrogen) atoms. The largest absolute Gasteiger partial charge is 0.295 e. The number of carbonyl (C=O) groups excluding carboxylic acids is 1. The Kier molecular flexibility index (Phi) is 3.51. The third kappa shape index (κ3) is 2.80. The van der Waals surface area contributed by atoms with E-state index in [1.807, 2.05) is 0 Å². The lowest BCUT2D eigenvalue weighted by molar-refractivity contribution is -0.112. The van der Waals surface area contributed by atoms with Gasteiger partial charge in [-0.2, -0.15) is 0 Å². The second-order valence-corrected chi connectivity index (χ2v) is 3.83. The molecule has 1 fully saturated rings. The van der Waals surface area contributed by atoms with Gasteiger partial charge in [-0.3, -0.25) is 4.79 Å². The Morgan fingerprint density at radius 1 is 1.17 bits per heavy atom. The zero-order valence-corrected chi connectivity index (χ0v) is 8.10. The molecule has 0 saturated heterocycles. The summed E-state index contributed by atoms with van der Waals surface area (Å²) in [6, 6.07) is 0. The van der Waals surface area contributed by atoms with Gasteiger partial charge in [-0.25, -0.2) is 0 Å². The zero-order valence-electron chi connectivity index (χ0n) is 8.10. The van der Waals surface area contributed by atoms with Crippen LogP contribution in [0, 0.1) is 5.92 Å². The van der Waals surface area contributed by atoms with Gasteiger partial charge in [-0.05, 0) is 38.7 Å². The van der Waals surface area contributed by atoms with Crippen molar-refractivity contribution in [1.29, 1.82) is 0 Å². The first-order valence-corrected chi connectivity index (χ1v) is 4.89. The van der Waals surface area contributed by atoms with Gasteiger partial charge < -0.3 is 0 Å². The summed E-state index contributed by atoms with van der Waals surface area (Å²) in [5.41, 5.74) is 1.29. The maximum atomic E-state index is 10.8. The van der Waals surface area contributed by atoms with Gasteiger partial charge in [0.05, 0.1) is 0 Å². The molecule has 1 aliphatic carbocycles. The molecule has 0 aliphatic heterocycles. The standard InChI is InChI=1S/C11H18O/c1-9(8-10(2)12)11-6-4-3-5-7-11/h8,11H,3-7H2,1-2H3/b9-8-. The average molecular weight is 166 g/mol. The molecule has 1 rings (SSSR count). The van der Waals surface area contributed by atoms with Crippen LogP contribution in [0.25, 0.3) is 0 Å². The highest BCUT2D eigenvalue weighted by Crippen LogP contribution is 2.29. The Bertz CT molecular complexity index is 185. The first kappa shape index (κ1) is 9.50. The normalized spacial score (nSPS) is 21.0. The smallest absolute Gasteiger partial charge is 0.152 e. The van der Waals surface area contributed by atoms with Crippen molar-refractivity contribution in [2.24, 2.45) is 5.92 Å². The summed E-state index contributed by atoms with van der Waals surface area (Å²) in [6.07, 6.45) is 8.44. The molecule has 0 atom stereocenters. The van der Waals surface area contributed by atoms with Gasteiger partial charge in [0.15, 0.2) is 5.78 Å². The Labute approximate surface area is 74.9 Å². The van der Waals surface area contributed by atoms with Crippen LogP contribution in [0.3, 0.4) is 0 Å². The van der Waals surface area contributed by atoms with Crippen LogP contribution in [-0.2, 0) is 4.79 Å². The summed E-state index contributed by atoms with van der Waals surface area (Å²) in [7, 11) is 0. The number of hydrogen-bond donors (Lipinski definition) is 0. The lowest BCUT2D eigenvalue weighted by Crippen LogP contribution is -2.08. The summed E-state index contributed by atoms with van der Waals surface area (Å²) in [6.45, 7) is 3.73. The molecule has 68 valence electrons. The molecule has 0 N–H and O–H groups in total. The maximum absolute atomic E-state index is 10.8. The SMILES string of the molecule is CC(=O)/C=C(/C)C1CCCCC1. The molecule has 0 aromatic rings. The fraction of sp³-hybridized carbons (Fsp3) is 0.727. The van der Waals surface area contributed by atoms with Crippen molar-refractivity contribution < 1.29 is 4.79 Å². The van der Waals surface area contributed by atoms with E-state index in [1.54, 1.807) is 13.0 Å². The monoisotopic (exact) mass is 166 g/mol. The highest BCUT2D eigenvalue weighted by molar-refractivity contribution is 5.87. The van der Waals surface area contributed by atoms with Crippen molar-refractivity contribution in [1.82, 2.24) is 0 Å². The van der Waals surface area contributed by atoms with Gasteiger partial charge in [0.25, 0.3) is 0 Å². The van der Waals surface area contributed by atoms with Crippen LogP contribution in [-0.4, -0.2) is 5.78 Å². The summed E-state index contributed by atoms with van der Waals surface area (Å²) in [5, 5.41) is 0. The molecule has 0 spiro atoms. The first-order valence-electron chi connectivity index (χ1n) is 4.89. The third-order valence-corrected chi connectivity index (χ3v) is 2.68. The number of hydrogen-bond acceptors (Lipinski definition) is 1. The van der Waals surface area contributed by atoms with Crippen molar-refractivity contribution in [3.63, 3.8) is 0 Å². The summed E-state index contributed by atoms with van der Waals surface area (Å²) in [5.74, 6) is 0.890. The third-order valence-electron chi connectivity index (χ3n) is 2.68. The molecule has 0 bridgehead atoms. The summed E-state index contributed by atoms with van der Waals surface area (Å²) < 4.78 is 0. The van der Waals surface area contributed by atoms with Crippen LogP contribution in [0.15, 0.2) is 11.6 Å². The summed E-state index contributed by atoms with van der Waals surface area (Å²) >= 11 is 0. The minimum atomic E-state index is 0.193. The molecule has 1 nitrogen and oxygen atoms in total. The number of allylic oxidation sites excluding steroid dienone is 2. The van der Waals surface area contributed by atoms with Crippen molar-refractivity contribution >= 4 is 5.78 Å². The van der Waals surface area contributed by atoms with Crippen LogP contribution < -0.4 is 0 Å². The van der Waals surface area contributed by atoms with E-state index < -0.39 is 0 Å². The van der Waals surface area contributed by atoms with Gasteiger partial charge in [-0.1, -0.05) is 24.8 Å². The molecule has 0 aromatic carbocycles. The van der Waals surface area contributed by atoms with Gasteiger partial charge in [0.1, 0.15) is 0 Å².